The minimum atomic E-state index is -0.304. The number of aryl methyl sites for hydroxylation is 1. The van der Waals surface area contributed by atoms with E-state index < -0.39 is 0 Å². The van der Waals surface area contributed by atoms with Gasteiger partial charge < -0.3 is 20.3 Å². The Balaban J connectivity index is 1.86. The lowest BCUT2D eigenvalue weighted by molar-refractivity contribution is 0.199. The number of amides is 2. The molecule has 6 nitrogen and oxygen atoms in total. The molecule has 0 aliphatic carbocycles. The molecule has 3 aromatic rings. The van der Waals surface area contributed by atoms with Crippen LogP contribution in [0.25, 0.3) is 10.9 Å². The highest BCUT2D eigenvalue weighted by molar-refractivity contribution is 5.89. The number of nitrogens with one attached hydrogen (secondary N) is 2. The van der Waals surface area contributed by atoms with E-state index in [4.69, 9.17) is 0 Å². The Labute approximate surface area is 163 Å². The maximum Gasteiger partial charge on any atom is 0.322 e. The number of aromatic amines is 1. The monoisotopic (exact) mass is 379 g/mol. The van der Waals surface area contributed by atoms with Crippen LogP contribution in [0.15, 0.2) is 59.4 Å². The lowest BCUT2D eigenvalue weighted by Gasteiger charge is -2.23. The summed E-state index contributed by atoms with van der Waals surface area (Å²) in [7, 11) is 0. The number of aromatic nitrogens is 1. The molecular weight excluding hydrogens is 354 g/mol. The van der Waals surface area contributed by atoms with Gasteiger partial charge in [-0.25, -0.2) is 4.79 Å². The quantitative estimate of drug-likeness (QED) is 0.587. The van der Waals surface area contributed by atoms with E-state index in [1.807, 2.05) is 36.4 Å². The Bertz CT molecular complexity index is 999. The van der Waals surface area contributed by atoms with Gasteiger partial charge in [-0.3, -0.25) is 4.79 Å². The Morgan fingerprint density at radius 2 is 1.93 bits per heavy atom. The molecule has 0 aliphatic heterocycles. The molecule has 3 N–H and O–H groups in total. The van der Waals surface area contributed by atoms with E-state index in [9.17, 15) is 14.7 Å². The fourth-order valence-corrected chi connectivity index (χ4v) is 3.08. The van der Waals surface area contributed by atoms with Crippen LogP contribution in [0.3, 0.4) is 0 Å². The molecule has 2 aromatic carbocycles. The number of pyridine rings is 1. The van der Waals surface area contributed by atoms with E-state index in [0.29, 0.717) is 24.2 Å². The topological polar surface area (TPSA) is 85.4 Å². The van der Waals surface area contributed by atoms with Crippen LogP contribution in [-0.4, -0.2) is 34.2 Å². The molecule has 3 rings (SSSR count). The first kappa shape index (κ1) is 19.6. The summed E-state index contributed by atoms with van der Waals surface area (Å²) in [5, 5.41) is 13.0. The van der Waals surface area contributed by atoms with E-state index in [1.165, 1.54) is 5.56 Å². The summed E-state index contributed by atoms with van der Waals surface area (Å²) in [6, 6.07) is 16.7. The number of carbonyl (C=O) groups is 1. The minimum Gasteiger partial charge on any atom is -0.396 e. The highest BCUT2D eigenvalue weighted by Crippen LogP contribution is 2.16. The Kier molecular flexibility index (Phi) is 6.45. The lowest BCUT2D eigenvalue weighted by atomic mass is 10.1. The number of para-hydroxylation sites is 1. The van der Waals surface area contributed by atoms with Crippen LogP contribution in [0, 0.1) is 0 Å². The largest absolute Gasteiger partial charge is 0.396 e. The zero-order valence-corrected chi connectivity index (χ0v) is 15.9. The number of urea groups is 1. The number of fused-ring (bicyclic) bond motifs is 1. The predicted octanol–water partition coefficient (Wildman–Crippen LogP) is 3.51. The first-order valence-electron chi connectivity index (χ1n) is 9.47. The van der Waals surface area contributed by atoms with E-state index in [1.54, 1.807) is 17.0 Å². The molecule has 6 heteroatoms. The van der Waals surface area contributed by atoms with Crippen molar-refractivity contribution >= 4 is 22.6 Å². The van der Waals surface area contributed by atoms with Crippen LogP contribution in [0.4, 0.5) is 10.5 Å². The molecule has 1 aromatic heterocycles. The van der Waals surface area contributed by atoms with Crippen molar-refractivity contribution in [3.63, 3.8) is 0 Å². The number of hydrogen-bond acceptors (Lipinski definition) is 3. The van der Waals surface area contributed by atoms with Crippen molar-refractivity contribution in [2.24, 2.45) is 0 Å². The third kappa shape index (κ3) is 4.78. The van der Waals surface area contributed by atoms with Gasteiger partial charge in [0.1, 0.15) is 0 Å². The number of anilines is 1. The molecule has 0 unspecified atom stereocenters. The summed E-state index contributed by atoms with van der Waals surface area (Å²) < 4.78 is 0. The van der Waals surface area contributed by atoms with Gasteiger partial charge in [-0.2, -0.15) is 0 Å². The molecule has 146 valence electrons. The maximum atomic E-state index is 12.7. The van der Waals surface area contributed by atoms with Crippen molar-refractivity contribution < 1.29 is 9.90 Å². The first-order chi connectivity index (χ1) is 13.6. The number of hydrogen-bond donors (Lipinski definition) is 3. The molecule has 0 spiro atoms. The SMILES string of the molecule is CCc1ccc2[nH]c(=O)c(CN(CCCO)C(=O)Nc3ccccc3)cc2c1. The molecule has 1 heterocycles. The minimum absolute atomic E-state index is 0.0247. The van der Waals surface area contributed by atoms with Crippen molar-refractivity contribution in [2.75, 3.05) is 18.5 Å². The Hall–Kier alpha value is -3.12. The molecule has 0 saturated heterocycles. The van der Waals surface area contributed by atoms with Gasteiger partial charge in [0.15, 0.2) is 0 Å². The van der Waals surface area contributed by atoms with Crippen molar-refractivity contribution in [3.05, 3.63) is 76.1 Å². The van der Waals surface area contributed by atoms with Crippen molar-refractivity contribution in [2.45, 2.75) is 26.3 Å². The molecule has 0 atom stereocenters. The Morgan fingerprint density at radius 3 is 2.64 bits per heavy atom. The van der Waals surface area contributed by atoms with Gasteiger partial charge in [0, 0.05) is 29.9 Å². The van der Waals surface area contributed by atoms with Crippen LogP contribution in [0.5, 0.6) is 0 Å². The number of nitrogens with zero attached hydrogens (tertiary/aromatic N) is 1. The normalized spacial score (nSPS) is 10.8. The molecule has 0 saturated carbocycles. The summed E-state index contributed by atoms with van der Waals surface area (Å²) >= 11 is 0. The number of benzene rings is 2. The zero-order chi connectivity index (χ0) is 19.9. The van der Waals surface area contributed by atoms with Gasteiger partial charge in [0.2, 0.25) is 0 Å². The number of H-pyrrole nitrogens is 1. The van der Waals surface area contributed by atoms with E-state index in [2.05, 4.69) is 23.3 Å². The van der Waals surface area contributed by atoms with E-state index in [-0.39, 0.29) is 24.7 Å². The fourth-order valence-electron chi connectivity index (χ4n) is 3.08. The molecule has 0 radical (unpaired) electrons. The van der Waals surface area contributed by atoms with Crippen LogP contribution in [0.1, 0.15) is 24.5 Å². The highest BCUT2D eigenvalue weighted by atomic mass is 16.3. The molecular formula is C22H25N3O3. The molecule has 0 aliphatic rings. The van der Waals surface area contributed by atoms with Gasteiger partial charge >= 0.3 is 6.03 Å². The van der Waals surface area contributed by atoms with Crippen LogP contribution >= 0.6 is 0 Å². The third-order valence-corrected chi connectivity index (χ3v) is 4.65. The summed E-state index contributed by atoms with van der Waals surface area (Å²) in [5.74, 6) is 0. The molecule has 28 heavy (non-hydrogen) atoms. The average Bonchev–Trinajstić information content (AvgIpc) is 2.71. The smallest absolute Gasteiger partial charge is 0.322 e. The Morgan fingerprint density at radius 1 is 1.14 bits per heavy atom. The van der Waals surface area contributed by atoms with E-state index in [0.717, 1.165) is 17.3 Å². The van der Waals surface area contributed by atoms with Crippen LogP contribution < -0.4 is 10.9 Å². The molecule has 0 bridgehead atoms. The fraction of sp³-hybridized carbons (Fsp3) is 0.273. The number of carbonyl (C=O) groups excluding carboxylic acids is 1. The van der Waals surface area contributed by atoms with Gasteiger partial charge in [-0.05, 0) is 54.1 Å². The molecule has 0 fully saturated rings. The average molecular weight is 379 g/mol. The van der Waals surface area contributed by atoms with E-state index >= 15 is 0 Å². The van der Waals surface area contributed by atoms with Gasteiger partial charge in [0.05, 0.1) is 6.54 Å². The predicted molar refractivity (Wildman–Crippen MR) is 112 cm³/mol. The van der Waals surface area contributed by atoms with Crippen molar-refractivity contribution in [1.82, 2.24) is 9.88 Å². The second kappa shape index (κ2) is 9.19. The summed E-state index contributed by atoms with van der Waals surface area (Å²) in [6.45, 7) is 2.57. The maximum absolute atomic E-state index is 12.7. The van der Waals surface area contributed by atoms with Gasteiger partial charge in [-0.1, -0.05) is 31.2 Å². The summed E-state index contributed by atoms with van der Waals surface area (Å²) in [4.78, 5) is 29.7. The standard InChI is InChI=1S/C22H25N3O3/c1-2-16-9-10-20-17(13-16)14-18(21(27)24-20)15-25(11-6-12-26)22(28)23-19-7-4-3-5-8-19/h3-5,7-10,13-14,26H,2,6,11-12,15H2,1H3,(H,23,28)(H,24,27). The zero-order valence-electron chi connectivity index (χ0n) is 15.9. The summed E-state index contributed by atoms with van der Waals surface area (Å²) in [5.41, 5.74) is 2.95. The number of aliphatic hydroxyl groups excluding tert-OH is 1. The summed E-state index contributed by atoms with van der Waals surface area (Å²) in [6.07, 6.45) is 1.35. The second-order valence-electron chi connectivity index (χ2n) is 6.69. The van der Waals surface area contributed by atoms with Crippen LogP contribution in [-0.2, 0) is 13.0 Å². The third-order valence-electron chi connectivity index (χ3n) is 4.65. The second-order valence-corrected chi connectivity index (χ2v) is 6.69. The lowest BCUT2D eigenvalue weighted by Crippen LogP contribution is -2.37. The first-order valence-corrected chi connectivity index (χ1v) is 9.47. The van der Waals surface area contributed by atoms with Crippen LogP contribution in [0.2, 0.25) is 0 Å². The van der Waals surface area contributed by atoms with Gasteiger partial charge in [0.25, 0.3) is 5.56 Å². The van der Waals surface area contributed by atoms with Gasteiger partial charge in [-0.15, -0.1) is 0 Å². The number of rotatable bonds is 7. The highest BCUT2D eigenvalue weighted by Gasteiger charge is 2.16. The van der Waals surface area contributed by atoms with Crippen molar-refractivity contribution in [3.8, 4) is 0 Å². The molecule has 2 amide bonds. The number of aliphatic hydroxyl groups is 1. The van der Waals surface area contributed by atoms with Crippen molar-refractivity contribution in [1.29, 1.82) is 0 Å².